The predicted octanol–water partition coefficient (Wildman–Crippen LogP) is -1.67. The van der Waals surface area contributed by atoms with Crippen LogP contribution in [0.3, 0.4) is 0 Å². The maximum absolute atomic E-state index is 12.2. The summed E-state index contributed by atoms with van der Waals surface area (Å²) in [7, 11) is 0. The Kier molecular flexibility index (Phi) is 9.38. The van der Waals surface area contributed by atoms with Crippen LogP contribution >= 0.6 is 0 Å². The van der Waals surface area contributed by atoms with Crippen molar-refractivity contribution < 1.29 is 29.0 Å². The van der Waals surface area contributed by atoms with Gasteiger partial charge in [0.1, 0.15) is 30.0 Å². The summed E-state index contributed by atoms with van der Waals surface area (Å²) >= 11 is 0. The molecule has 0 aliphatic carbocycles. The summed E-state index contributed by atoms with van der Waals surface area (Å²) in [4.78, 5) is 35.7. The average molecular weight is 450 g/mol. The molecule has 0 saturated carbocycles. The number of hydrogen-bond donors (Lipinski definition) is 8. The summed E-state index contributed by atoms with van der Waals surface area (Å²) < 4.78 is 5.26. The van der Waals surface area contributed by atoms with Gasteiger partial charge in [-0.15, -0.1) is 0 Å². The van der Waals surface area contributed by atoms with Crippen molar-refractivity contribution >= 4 is 23.6 Å². The van der Waals surface area contributed by atoms with Crippen LogP contribution in [0.2, 0.25) is 0 Å². The summed E-state index contributed by atoms with van der Waals surface area (Å²) in [5.41, 5.74) is 12.2. The number of carboxylic acid groups (broad SMARTS) is 1. The van der Waals surface area contributed by atoms with Gasteiger partial charge in [0.25, 0.3) is 0 Å². The Hall–Kier alpha value is -3.22. The number of hydrogen-bond acceptors (Lipinski definition) is 8. The summed E-state index contributed by atoms with van der Waals surface area (Å²) in [5, 5.41) is 34.0. The van der Waals surface area contributed by atoms with Crippen LogP contribution in [-0.2, 0) is 27.4 Å². The number of amidine groups is 1. The van der Waals surface area contributed by atoms with Gasteiger partial charge in [-0.2, -0.15) is 0 Å². The minimum atomic E-state index is -1.21. The minimum Gasteiger partial charge on any atom is -0.480 e. The molecular formula is C20H30N6O6. The van der Waals surface area contributed by atoms with Crippen molar-refractivity contribution in [1.82, 2.24) is 16.0 Å². The largest absolute Gasteiger partial charge is 0.480 e. The molecule has 0 bridgehead atoms. The smallest absolute Gasteiger partial charge is 0.326 e. The van der Waals surface area contributed by atoms with E-state index >= 15 is 0 Å². The van der Waals surface area contributed by atoms with Gasteiger partial charge in [0.2, 0.25) is 11.8 Å². The van der Waals surface area contributed by atoms with Crippen molar-refractivity contribution in [3.05, 3.63) is 35.3 Å². The topological polar surface area (TPSA) is 217 Å². The zero-order chi connectivity index (χ0) is 23.7. The third-order valence-electron chi connectivity index (χ3n) is 4.95. The average Bonchev–Trinajstić information content (AvgIpc) is 3.39. The Labute approximate surface area is 184 Å². The number of aliphatic hydroxyl groups is 1. The number of carboxylic acids is 1. The number of furan rings is 1. The summed E-state index contributed by atoms with van der Waals surface area (Å²) in [6.07, 6.45) is 2.37. The van der Waals surface area contributed by atoms with E-state index in [4.69, 9.17) is 26.4 Å². The second kappa shape index (κ2) is 12.0. The van der Waals surface area contributed by atoms with Crippen molar-refractivity contribution in [1.29, 1.82) is 5.41 Å². The van der Waals surface area contributed by atoms with Crippen LogP contribution < -0.4 is 27.4 Å². The quantitative estimate of drug-likeness (QED) is 0.0744. The van der Waals surface area contributed by atoms with Gasteiger partial charge in [0.05, 0.1) is 12.1 Å². The van der Waals surface area contributed by atoms with E-state index < -0.39 is 30.0 Å². The summed E-state index contributed by atoms with van der Waals surface area (Å²) in [6, 6.07) is 0.679. The third-order valence-corrected chi connectivity index (χ3v) is 4.95. The molecule has 1 aliphatic heterocycles. The monoisotopic (exact) mass is 450 g/mol. The first-order valence-electron chi connectivity index (χ1n) is 10.2. The first-order valence-corrected chi connectivity index (χ1v) is 10.2. The van der Waals surface area contributed by atoms with Crippen LogP contribution in [0.4, 0.5) is 0 Å². The molecular weight excluding hydrogens is 420 g/mol. The molecule has 0 fully saturated rings. The molecule has 176 valence electrons. The lowest BCUT2D eigenvalue weighted by atomic mass is 10.0. The molecule has 10 N–H and O–H groups in total. The number of rotatable bonds is 13. The molecule has 0 saturated heterocycles. The highest BCUT2D eigenvalue weighted by Gasteiger charge is 2.25. The van der Waals surface area contributed by atoms with Gasteiger partial charge >= 0.3 is 5.97 Å². The van der Waals surface area contributed by atoms with E-state index in [0.29, 0.717) is 24.5 Å². The normalized spacial score (nSPS) is 17.3. The van der Waals surface area contributed by atoms with Crippen LogP contribution in [0, 0.1) is 5.41 Å². The second-order valence-corrected chi connectivity index (χ2v) is 7.47. The van der Waals surface area contributed by atoms with Crippen LogP contribution in [-0.4, -0.2) is 65.0 Å². The van der Waals surface area contributed by atoms with Crippen molar-refractivity contribution in [2.75, 3.05) is 13.1 Å². The zero-order valence-corrected chi connectivity index (χ0v) is 17.6. The van der Waals surface area contributed by atoms with Crippen LogP contribution in [0.25, 0.3) is 0 Å². The zero-order valence-electron chi connectivity index (χ0n) is 17.6. The minimum absolute atomic E-state index is 0.0147. The van der Waals surface area contributed by atoms with Gasteiger partial charge in [-0.25, -0.2) is 4.79 Å². The number of carbonyl (C=O) groups is 3. The standard InChI is InChI=1S/C20H30N6O6/c21-14(8-11-5-7-24-17(11)18(22)23)19(29)25-6-1-2-16(28)26-15(20(30)31)9-12-3-4-13(10-27)32-12/h3-5,14-15,17,24,27H,1-2,6-10,21H2,(H3,22,23)(H,25,29)(H,26,28)(H,30,31). The molecule has 3 unspecified atom stereocenters. The number of carbonyl (C=O) groups excluding carboxylic acids is 2. The van der Waals surface area contributed by atoms with E-state index in [2.05, 4.69) is 16.0 Å². The first-order chi connectivity index (χ1) is 15.2. The fourth-order valence-corrected chi connectivity index (χ4v) is 3.29. The molecule has 1 aromatic heterocycles. The summed E-state index contributed by atoms with van der Waals surface area (Å²) in [6.45, 7) is 0.456. The number of aliphatic carboxylic acids is 1. The van der Waals surface area contributed by atoms with Gasteiger partial charge in [-0.3, -0.25) is 15.0 Å². The fraction of sp³-hybridized carbons (Fsp3) is 0.500. The molecule has 32 heavy (non-hydrogen) atoms. The lowest BCUT2D eigenvalue weighted by Gasteiger charge is -2.18. The molecule has 12 heteroatoms. The molecule has 2 rings (SSSR count). The van der Waals surface area contributed by atoms with Crippen molar-refractivity contribution in [2.24, 2.45) is 11.5 Å². The number of amides is 2. The Morgan fingerprint density at radius 2 is 2.00 bits per heavy atom. The highest BCUT2D eigenvalue weighted by Crippen LogP contribution is 2.14. The highest BCUT2D eigenvalue weighted by molar-refractivity contribution is 5.87. The van der Waals surface area contributed by atoms with Crippen molar-refractivity contribution in [3.63, 3.8) is 0 Å². The maximum atomic E-state index is 12.2. The van der Waals surface area contributed by atoms with Crippen molar-refractivity contribution in [2.45, 2.75) is 50.4 Å². The molecule has 0 aromatic carbocycles. The van der Waals surface area contributed by atoms with Gasteiger partial charge in [-0.1, -0.05) is 6.08 Å². The molecule has 3 atom stereocenters. The Morgan fingerprint density at radius 3 is 2.62 bits per heavy atom. The van der Waals surface area contributed by atoms with Gasteiger partial charge < -0.3 is 42.0 Å². The highest BCUT2D eigenvalue weighted by atomic mass is 16.4. The first kappa shape index (κ1) is 25.0. The molecule has 0 radical (unpaired) electrons. The fourth-order valence-electron chi connectivity index (χ4n) is 3.29. The van der Waals surface area contributed by atoms with E-state index in [-0.39, 0.29) is 44.2 Å². The molecule has 1 aliphatic rings. The lowest BCUT2D eigenvalue weighted by Crippen LogP contribution is -2.44. The number of nitrogens with one attached hydrogen (secondary N) is 4. The predicted molar refractivity (Wildman–Crippen MR) is 115 cm³/mol. The molecule has 0 spiro atoms. The van der Waals surface area contributed by atoms with E-state index in [1.807, 2.05) is 6.08 Å². The van der Waals surface area contributed by atoms with E-state index in [1.165, 1.54) is 6.07 Å². The lowest BCUT2D eigenvalue weighted by molar-refractivity contribution is -0.141. The van der Waals surface area contributed by atoms with Gasteiger partial charge in [0, 0.05) is 25.9 Å². The van der Waals surface area contributed by atoms with Crippen LogP contribution in [0.1, 0.15) is 30.8 Å². The molecule has 1 aromatic rings. The van der Waals surface area contributed by atoms with E-state index in [9.17, 15) is 19.5 Å². The molecule has 2 amide bonds. The Balaban J connectivity index is 1.70. The van der Waals surface area contributed by atoms with Crippen LogP contribution in [0.15, 0.2) is 28.2 Å². The summed E-state index contributed by atoms with van der Waals surface area (Å²) in [5.74, 6) is -1.46. The molecule has 2 heterocycles. The van der Waals surface area contributed by atoms with E-state index in [0.717, 1.165) is 5.57 Å². The second-order valence-electron chi connectivity index (χ2n) is 7.47. The Bertz CT molecular complexity index is 867. The molecule has 12 nitrogen and oxygen atoms in total. The third kappa shape index (κ3) is 7.48. The maximum Gasteiger partial charge on any atom is 0.326 e. The van der Waals surface area contributed by atoms with Gasteiger partial charge in [-0.05, 0) is 30.5 Å². The number of nitrogens with two attached hydrogens (primary N) is 2. The Morgan fingerprint density at radius 1 is 1.28 bits per heavy atom. The van der Waals surface area contributed by atoms with Gasteiger partial charge in [0.15, 0.2) is 0 Å². The number of aliphatic hydroxyl groups excluding tert-OH is 1. The van der Waals surface area contributed by atoms with Crippen LogP contribution in [0.5, 0.6) is 0 Å². The van der Waals surface area contributed by atoms with E-state index in [1.54, 1.807) is 6.07 Å². The SMILES string of the molecule is N=C(N)C1NCC=C1CC(N)C(=O)NCCCC(=O)NC(Cc1ccc(CO)o1)C(=O)O. The van der Waals surface area contributed by atoms with Crippen molar-refractivity contribution in [3.8, 4) is 0 Å².